The average molecular weight is 311 g/mol. The van der Waals surface area contributed by atoms with Gasteiger partial charge in [0.15, 0.2) is 4.60 Å². The molecule has 1 aromatic heterocycles. The molecule has 5 nitrogen and oxygen atoms in total. The van der Waals surface area contributed by atoms with Gasteiger partial charge in [0, 0.05) is 12.6 Å². The van der Waals surface area contributed by atoms with Crippen molar-refractivity contribution >= 4 is 15.9 Å². The molecule has 1 atom stereocenters. The summed E-state index contributed by atoms with van der Waals surface area (Å²) in [5, 5.41) is 7.89. The lowest BCUT2D eigenvalue weighted by Gasteiger charge is -2.16. The van der Waals surface area contributed by atoms with Gasteiger partial charge in [-0.15, -0.1) is 5.10 Å². The van der Waals surface area contributed by atoms with Gasteiger partial charge in [0.25, 0.3) is 0 Å². The highest BCUT2D eigenvalue weighted by Gasteiger charge is 2.21. The zero-order chi connectivity index (χ0) is 13.3. The monoisotopic (exact) mass is 310 g/mol. The van der Waals surface area contributed by atoms with E-state index in [0.29, 0.717) is 4.60 Å². The SMILES string of the molecule is COc1ccc(C)cc1C(N)c1c(Br)nnn1C. The number of hydrogen-bond acceptors (Lipinski definition) is 4. The van der Waals surface area contributed by atoms with E-state index in [2.05, 4.69) is 26.2 Å². The molecular formula is C12H15BrN4O. The second-order valence-corrected chi connectivity index (χ2v) is 4.86. The van der Waals surface area contributed by atoms with Crippen molar-refractivity contribution in [3.63, 3.8) is 0 Å². The molecule has 0 fully saturated rings. The number of aromatic nitrogens is 3. The number of nitrogens with two attached hydrogens (primary N) is 1. The van der Waals surface area contributed by atoms with Gasteiger partial charge >= 0.3 is 0 Å². The van der Waals surface area contributed by atoms with Crippen molar-refractivity contribution in [1.29, 1.82) is 0 Å². The Morgan fingerprint density at radius 1 is 1.44 bits per heavy atom. The second-order valence-electron chi connectivity index (χ2n) is 4.11. The molecule has 2 rings (SSSR count). The molecule has 0 saturated heterocycles. The number of hydrogen-bond donors (Lipinski definition) is 1. The van der Waals surface area contributed by atoms with Gasteiger partial charge < -0.3 is 10.5 Å². The smallest absolute Gasteiger partial charge is 0.153 e. The number of nitrogens with zero attached hydrogens (tertiary/aromatic N) is 3. The van der Waals surface area contributed by atoms with Crippen LogP contribution in [-0.4, -0.2) is 22.1 Å². The molecule has 0 bridgehead atoms. The first-order valence-corrected chi connectivity index (χ1v) is 6.29. The van der Waals surface area contributed by atoms with Crippen LogP contribution in [0.2, 0.25) is 0 Å². The Balaban J connectivity index is 2.51. The molecule has 2 N–H and O–H groups in total. The van der Waals surface area contributed by atoms with E-state index >= 15 is 0 Å². The average Bonchev–Trinajstić information content (AvgIpc) is 2.68. The Morgan fingerprint density at radius 3 is 2.72 bits per heavy atom. The quantitative estimate of drug-likeness (QED) is 0.941. The lowest BCUT2D eigenvalue weighted by Crippen LogP contribution is -2.17. The maximum absolute atomic E-state index is 6.30. The van der Waals surface area contributed by atoms with E-state index < -0.39 is 0 Å². The second kappa shape index (κ2) is 5.07. The fourth-order valence-corrected chi connectivity index (χ4v) is 2.49. The predicted molar refractivity (Wildman–Crippen MR) is 72.5 cm³/mol. The molecule has 0 amide bonds. The third kappa shape index (κ3) is 2.26. The Hall–Kier alpha value is -1.40. The van der Waals surface area contributed by atoms with Crippen molar-refractivity contribution in [3.8, 4) is 5.75 Å². The van der Waals surface area contributed by atoms with Crippen LogP contribution in [0.5, 0.6) is 5.75 Å². The third-order valence-corrected chi connectivity index (χ3v) is 3.41. The van der Waals surface area contributed by atoms with Crippen LogP contribution >= 0.6 is 15.9 Å². The minimum absolute atomic E-state index is 0.339. The summed E-state index contributed by atoms with van der Waals surface area (Å²) in [5.74, 6) is 0.765. The Kier molecular flexibility index (Phi) is 3.68. The highest BCUT2D eigenvalue weighted by atomic mass is 79.9. The summed E-state index contributed by atoms with van der Waals surface area (Å²) < 4.78 is 7.67. The van der Waals surface area contributed by atoms with Gasteiger partial charge in [-0.1, -0.05) is 22.9 Å². The van der Waals surface area contributed by atoms with Gasteiger partial charge in [-0.25, -0.2) is 4.68 Å². The molecule has 0 aliphatic heterocycles. The number of ether oxygens (including phenoxy) is 1. The van der Waals surface area contributed by atoms with E-state index in [1.807, 2.05) is 32.2 Å². The van der Waals surface area contributed by atoms with E-state index in [-0.39, 0.29) is 6.04 Å². The number of rotatable bonds is 3. The maximum Gasteiger partial charge on any atom is 0.153 e. The third-order valence-electron chi connectivity index (χ3n) is 2.84. The Morgan fingerprint density at radius 2 is 2.17 bits per heavy atom. The van der Waals surface area contributed by atoms with Crippen LogP contribution in [0.1, 0.15) is 22.9 Å². The standard InChI is InChI=1S/C12H15BrN4O/c1-7-4-5-9(18-3)8(6-7)10(14)11-12(13)15-16-17(11)2/h4-6,10H,14H2,1-3H3. The first kappa shape index (κ1) is 13.0. The molecule has 0 aliphatic carbocycles. The molecule has 2 aromatic rings. The van der Waals surface area contributed by atoms with Crippen molar-refractivity contribution in [3.05, 3.63) is 39.6 Å². The number of methoxy groups -OCH3 is 1. The highest BCUT2D eigenvalue weighted by Crippen LogP contribution is 2.31. The summed E-state index contributed by atoms with van der Waals surface area (Å²) in [6, 6.07) is 5.59. The summed E-state index contributed by atoms with van der Waals surface area (Å²) in [7, 11) is 3.45. The minimum Gasteiger partial charge on any atom is -0.496 e. The van der Waals surface area contributed by atoms with Crippen molar-refractivity contribution in [2.45, 2.75) is 13.0 Å². The van der Waals surface area contributed by atoms with Crippen molar-refractivity contribution < 1.29 is 4.74 Å². The molecule has 0 saturated carbocycles. The number of benzene rings is 1. The fraction of sp³-hybridized carbons (Fsp3) is 0.333. The predicted octanol–water partition coefficient (Wildman–Crippen LogP) is 1.94. The van der Waals surface area contributed by atoms with Crippen LogP contribution in [0.15, 0.2) is 22.8 Å². The van der Waals surface area contributed by atoms with Crippen LogP contribution in [0, 0.1) is 6.92 Å². The summed E-state index contributed by atoms with van der Waals surface area (Å²) in [4.78, 5) is 0. The van der Waals surface area contributed by atoms with Crippen LogP contribution in [0.25, 0.3) is 0 Å². The van der Waals surface area contributed by atoms with E-state index in [4.69, 9.17) is 10.5 Å². The van der Waals surface area contributed by atoms with Crippen LogP contribution < -0.4 is 10.5 Å². The van der Waals surface area contributed by atoms with E-state index in [1.54, 1.807) is 11.8 Å². The van der Waals surface area contributed by atoms with Gasteiger partial charge in [-0.3, -0.25) is 0 Å². The summed E-state index contributed by atoms with van der Waals surface area (Å²) >= 11 is 3.36. The lowest BCUT2D eigenvalue weighted by molar-refractivity contribution is 0.407. The fourth-order valence-electron chi connectivity index (χ4n) is 1.91. The van der Waals surface area contributed by atoms with Gasteiger partial charge in [0.2, 0.25) is 0 Å². The normalized spacial score (nSPS) is 12.5. The molecule has 18 heavy (non-hydrogen) atoms. The molecule has 1 unspecified atom stereocenters. The molecule has 6 heteroatoms. The Bertz CT molecular complexity index is 548. The zero-order valence-corrected chi connectivity index (χ0v) is 12.1. The molecule has 0 aliphatic rings. The van der Waals surface area contributed by atoms with E-state index in [0.717, 1.165) is 22.6 Å². The highest BCUT2D eigenvalue weighted by molar-refractivity contribution is 9.10. The molecule has 1 heterocycles. The number of aryl methyl sites for hydroxylation is 2. The maximum atomic E-state index is 6.30. The van der Waals surface area contributed by atoms with Crippen molar-refractivity contribution in [2.24, 2.45) is 12.8 Å². The Labute approximate surface area is 114 Å². The number of halogens is 1. The van der Waals surface area contributed by atoms with E-state index in [9.17, 15) is 0 Å². The first-order valence-electron chi connectivity index (χ1n) is 5.49. The summed E-state index contributed by atoms with van der Waals surface area (Å²) in [6.45, 7) is 2.02. The molecule has 0 radical (unpaired) electrons. The van der Waals surface area contributed by atoms with Crippen LogP contribution in [0.3, 0.4) is 0 Å². The largest absolute Gasteiger partial charge is 0.496 e. The first-order chi connectivity index (χ1) is 8.54. The van der Waals surface area contributed by atoms with Gasteiger partial charge in [-0.2, -0.15) is 0 Å². The van der Waals surface area contributed by atoms with Gasteiger partial charge in [0.05, 0.1) is 18.8 Å². The van der Waals surface area contributed by atoms with Crippen LogP contribution in [0.4, 0.5) is 0 Å². The topological polar surface area (TPSA) is 66.0 Å². The molecule has 96 valence electrons. The van der Waals surface area contributed by atoms with Gasteiger partial charge in [-0.05, 0) is 28.9 Å². The van der Waals surface area contributed by atoms with Crippen LogP contribution in [-0.2, 0) is 7.05 Å². The molecule has 0 spiro atoms. The summed E-state index contributed by atoms with van der Waals surface area (Å²) in [5.41, 5.74) is 9.17. The van der Waals surface area contributed by atoms with Crippen molar-refractivity contribution in [1.82, 2.24) is 15.0 Å². The summed E-state index contributed by atoms with van der Waals surface area (Å²) in [6.07, 6.45) is 0. The molecular weight excluding hydrogens is 296 g/mol. The van der Waals surface area contributed by atoms with Gasteiger partial charge in [0.1, 0.15) is 5.75 Å². The van der Waals surface area contributed by atoms with Crippen molar-refractivity contribution in [2.75, 3.05) is 7.11 Å². The minimum atomic E-state index is -0.339. The van der Waals surface area contributed by atoms with E-state index in [1.165, 1.54) is 0 Å². The zero-order valence-electron chi connectivity index (χ0n) is 10.5. The lowest BCUT2D eigenvalue weighted by atomic mass is 10.0. The molecule has 1 aromatic carbocycles.